The number of halogens is 1. The van der Waals surface area contributed by atoms with E-state index in [1.54, 1.807) is 0 Å². The number of hydrogen-bond acceptors (Lipinski definition) is 3. The summed E-state index contributed by atoms with van der Waals surface area (Å²) in [5.41, 5.74) is 5.46. The molecule has 1 heterocycles. The van der Waals surface area contributed by atoms with Crippen molar-refractivity contribution in [3.63, 3.8) is 0 Å². The van der Waals surface area contributed by atoms with Crippen LogP contribution in [0.5, 0.6) is 0 Å². The van der Waals surface area contributed by atoms with E-state index in [4.69, 9.17) is 10.5 Å². The van der Waals surface area contributed by atoms with Crippen LogP contribution in [-0.4, -0.2) is 31.2 Å². The van der Waals surface area contributed by atoms with Crippen molar-refractivity contribution in [1.29, 1.82) is 0 Å². The highest BCUT2D eigenvalue weighted by atomic mass is 35.5. The van der Waals surface area contributed by atoms with Crippen LogP contribution in [0.15, 0.2) is 0 Å². The van der Waals surface area contributed by atoms with Gasteiger partial charge in [0.1, 0.15) is 0 Å². The van der Waals surface area contributed by atoms with Crippen molar-refractivity contribution in [2.24, 2.45) is 17.6 Å². The quantitative estimate of drug-likeness (QED) is 0.834. The van der Waals surface area contributed by atoms with Crippen LogP contribution in [0.2, 0.25) is 0 Å². The molecule has 2 rings (SSSR count). The van der Waals surface area contributed by atoms with Gasteiger partial charge in [-0.1, -0.05) is 19.8 Å². The molecule has 0 radical (unpaired) electrons. The van der Waals surface area contributed by atoms with Gasteiger partial charge in [0.05, 0.1) is 5.54 Å². The predicted octanol–water partition coefficient (Wildman–Crippen LogP) is 1.86. The second-order valence-electron chi connectivity index (χ2n) is 6.12. The van der Waals surface area contributed by atoms with Crippen LogP contribution in [0.25, 0.3) is 0 Å². The minimum absolute atomic E-state index is 0. The highest BCUT2D eigenvalue weighted by Gasteiger charge is 2.36. The molecule has 2 fully saturated rings. The molecule has 3 N–H and O–H groups in total. The number of nitrogens with one attached hydrogen (secondary N) is 1. The fraction of sp³-hybridized carbons (Fsp3) is 0.929. The van der Waals surface area contributed by atoms with Gasteiger partial charge in [0.25, 0.3) is 0 Å². The van der Waals surface area contributed by atoms with E-state index >= 15 is 0 Å². The van der Waals surface area contributed by atoms with E-state index in [9.17, 15) is 4.79 Å². The van der Waals surface area contributed by atoms with Crippen LogP contribution in [0.1, 0.15) is 45.4 Å². The molecule has 0 bridgehead atoms. The highest BCUT2D eigenvalue weighted by molar-refractivity contribution is 5.86. The van der Waals surface area contributed by atoms with Crippen molar-refractivity contribution < 1.29 is 9.53 Å². The molecule has 112 valence electrons. The number of ether oxygens (including phenoxy) is 1. The van der Waals surface area contributed by atoms with Crippen molar-refractivity contribution in [2.45, 2.75) is 51.0 Å². The van der Waals surface area contributed by atoms with Gasteiger partial charge in [0.15, 0.2) is 0 Å². The van der Waals surface area contributed by atoms with Crippen LogP contribution >= 0.6 is 12.4 Å². The molecular formula is C14H27ClN2O2. The van der Waals surface area contributed by atoms with Gasteiger partial charge >= 0.3 is 0 Å². The lowest BCUT2D eigenvalue weighted by Gasteiger charge is -2.33. The lowest BCUT2D eigenvalue weighted by molar-refractivity contribution is -0.130. The first-order valence-electron chi connectivity index (χ1n) is 7.25. The van der Waals surface area contributed by atoms with Gasteiger partial charge in [-0.3, -0.25) is 4.79 Å². The summed E-state index contributed by atoms with van der Waals surface area (Å²) < 4.78 is 5.26. The molecule has 0 aromatic rings. The summed E-state index contributed by atoms with van der Waals surface area (Å²) in [6.45, 7) is 4.30. The summed E-state index contributed by atoms with van der Waals surface area (Å²) >= 11 is 0. The maximum atomic E-state index is 12.2. The highest BCUT2D eigenvalue weighted by Crippen LogP contribution is 2.28. The summed E-state index contributed by atoms with van der Waals surface area (Å²) in [6.07, 6.45) is 6.39. The van der Waals surface area contributed by atoms with Crippen LogP contribution in [0, 0.1) is 11.8 Å². The van der Waals surface area contributed by atoms with Crippen molar-refractivity contribution in [1.82, 2.24) is 5.32 Å². The fourth-order valence-electron chi connectivity index (χ4n) is 3.12. The molecule has 2 aliphatic rings. The van der Waals surface area contributed by atoms with Gasteiger partial charge in [-0.2, -0.15) is 0 Å². The van der Waals surface area contributed by atoms with E-state index in [2.05, 4.69) is 12.2 Å². The average Bonchev–Trinajstić information content (AvgIpc) is 2.37. The molecule has 2 atom stereocenters. The molecule has 5 heteroatoms. The SMILES string of the molecule is CC1CCCC(CNC(=O)C2(N)CCOCC2)C1.Cl. The van der Waals surface area contributed by atoms with E-state index in [0.717, 1.165) is 12.5 Å². The molecule has 2 unspecified atom stereocenters. The number of rotatable bonds is 3. The summed E-state index contributed by atoms with van der Waals surface area (Å²) in [5.74, 6) is 1.46. The van der Waals surface area contributed by atoms with Gasteiger partial charge in [-0.15, -0.1) is 12.4 Å². The van der Waals surface area contributed by atoms with Gasteiger partial charge in [-0.05, 0) is 37.5 Å². The lowest BCUT2D eigenvalue weighted by Crippen LogP contribution is -2.57. The number of carbonyl (C=O) groups excluding carboxylic acids is 1. The maximum absolute atomic E-state index is 12.2. The molecule has 4 nitrogen and oxygen atoms in total. The third kappa shape index (κ3) is 4.62. The van der Waals surface area contributed by atoms with Gasteiger partial charge in [-0.25, -0.2) is 0 Å². The monoisotopic (exact) mass is 290 g/mol. The molecule has 1 saturated heterocycles. The van der Waals surface area contributed by atoms with E-state index < -0.39 is 5.54 Å². The molecular weight excluding hydrogens is 264 g/mol. The first kappa shape index (κ1) is 16.7. The number of nitrogens with two attached hydrogens (primary N) is 1. The fourth-order valence-corrected chi connectivity index (χ4v) is 3.12. The Morgan fingerprint density at radius 2 is 2.05 bits per heavy atom. The zero-order chi connectivity index (χ0) is 13.0. The zero-order valence-electron chi connectivity index (χ0n) is 11.8. The Hall–Kier alpha value is -0.320. The van der Waals surface area contributed by atoms with Crippen LogP contribution < -0.4 is 11.1 Å². The summed E-state index contributed by atoms with van der Waals surface area (Å²) in [7, 11) is 0. The Labute approximate surface area is 122 Å². The molecule has 1 aliphatic carbocycles. The van der Waals surface area contributed by atoms with E-state index in [-0.39, 0.29) is 18.3 Å². The Morgan fingerprint density at radius 1 is 1.37 bits per heavy atom. The third-order valence-electron chi connectivity index (χ3n) is 4.43. The topological polar surface area (TPSA) is 64.4 Å². The first-order valence-corrected chi connectivity index (χ1v) is 7.25. The van der Waals surface area contributed by atoms with E-state index in [0.29, 0.717) is 32.0 Å². The lowest BCUT2D eigenvalue weighted by atomic mass is 9.82. The van der Waals surface area contributed by atoms with Gasteiger partial charge in [0, 0.05) is 19.8 Å². The van der Waals surface area contributed by atoms with Gasteiger partial charge < -0.3 is 15.8 Å². The third-order valence-corrected chi connectivity index (χ3v) is 4.43. The molecule has 1 aliphatic heterocycles. The van der Waals surface area contributed by atoms with E-state index in [1.165, 1.54) is 25.7 Å². The Bertz CT molecular complexity index is 293. The number of carbonyl (C=O) groups is 1. The maximum Gasteiger partial charge on any atom is 0.240 e. The molecule has 1 saturated carbocycles. The second-order valence-corrected chi connectivity index (χ2v) is 6.12. The Morgan fingerprint density at radius 3 is 2.68 bits per heavy atom. The van der Waals surface area contributed by atoms with Crippen LogP contribution in [0.3, 0.4) is 0 Å². The van der Waals surface area contributed by atoms with Crippen molar-refractivity contribution in [2.75, 3.05) is 19.8 Å². The number of hydrogen-bond donors (Lipinski definition) is 2. The largest absolute Gasteiger partial charge is 0.381 e. The molecule has 19 heavy (non-hydrogen) atoms. The van der Waals surface area contributed by atoms with Crippen molar-refractivity contribution in [3.05, 3.63) is 0 Å². The van der Waals surface area contributed by atoms with Crippen LogP contribution in [0.4, 0.5) is 0 Å². The Balaban J connectivity index is 0.00000180. The van der Waals surface area contributed by atoms with Crippen molar-refractivity contribution >= 4 is 18.3 Å². The standard InChI is InChI=1S/C14H26N2O2.ClH/c1-11-3-2-4-12(9-11)10-16-13(17)14(15)5-7-18-8-6-14;/h11-12H,2-10,15H2,1H3,(H,16,17);1H. The zero-order valence-corrected chi connectivity index (χ0v) is 12.6. The summed E-state index contributed by atoms with van der Waals surface area (Å²) in [4.78, 5) is 12.2. The van der Waals surface area contributed by atoms with Gasteiger partial charge in [0.2, 0.25) is 5.91 Å². The number of amides is 1. The molecule has 1 amide bonds. The normalized spacial score (nSPS) is 30.2. The molecule has 0 aromatic heterocycles. The summed E-state index contributed by atoms with van der Waals surface area (Å²) in [6, 6.07) is 0. The Kier molecular flexibility index (Phi) is 6.57. The minimum atomic E-state index is -0.696. The average molecular weight is 291 g/mol. The summed E-state index contributed by atoms with van der Waals surface area (Å²) in [5, 5.41) is 3.06. The minimum Gasteiger partial charge on any atom is -0.381 e. The van der Waals surface area contributed by atoms with Crippen molar-refractivity contribution in [3.8, 4) is 0 Å². The van der Waals surface area contributed by atoms with Crippen LogP contribution in [-0.2, 0) is 9.53 Å². The first-order chi connectivity index (χ1) is 8.60. The second kappa shape index (κ2) is 7.46. The smallest absolute Gasteiger partial charge is 0.240 e. The molecule has 0 aromatic carbocycles. The molecule has 0 spiro atoms. The predicted molar refractivity (Wildman–Crippen MR) is 78.4 cm³/mol. The van der Waals surface area contributed by atoms with E-state index in [1.807, 2.05) is 0 Å².